The number of non-ortho nitro benzene ring substituents is 2. The van der Waals surface area contributed by atoms with Gasteiger partial charge in [0.1, 0.15) is 23.0 Å². The minimum absolute atomic E-state index is 0.0232. The van der Waals surface area contributed by atoms with Crippen molar-refractivity contribution < 1.29 is 28.2 Å². The average molecular weight is 546 g/mol. The van der Waals surface area contributed by atoms with E-state index in [2.05, 4.69) is 0 Å². The molecule has 12 nitrogen and oxygen atoms in total. The number of nitro benzene ring substituents is 2. The van der Waals surface area contributed by atoms with Gasteiger partial charge >= 0.3 is 11.3 Å². The first kappa shape index (κ1) is 28.8. The van der Waals surface area contributed by atoms with Gasteiger partial charge in [0.05, 0.1) is 36.2 Å². The van der Waals surface area contributed by atoms with Crippen LogP contribution in [-0.4, -0.2) is 24.1 Å². The monoisotopic (exact) mass is 546 g/mol. The van der Waals surface area contributed by atoms with Crippen molar-refractivity contribution in [3.8, 4) is 11.5 Å². The predicted octanol–water partition coefficient (Wildman–Crippen LogP) is 5.45. The fraction of sp³-hybridized carbons (Fsp3) is 0.0714. The Labute approximate surface area is 226 Å². The van der Waals surface area contributed by atoms with Crippen molar-refractivity contribution in [1.29, 1.82) is 0 Å². The average Bonchev–Trinajstić information content (AvgIpc) is 2.95. The van der Waals surface area contributed by atoms with Gasteiger partial charge in [-0.25, -0.2) is 9.59 Å². The lowest BCUT2D eigenvalue weighted by molar-refractivity contribution is -0.385. The molecule has 0 bridgehead atoms. The molecular formula is C28H22N2O10. The van der Waals surface area contributed by atoms with E-state index in [9.17, 15) is 29.8 Å². The Morgan fingerprint density at radius 1 is 0.600 bits per heavy atom. The summed E-state index contributed by atoms with van der Waals surface area (Å²) in [5.74, 6) is 1.50. The largest absolute Gasteiger partial charge is 0.496 e. The van der Waals surface area contributed by atoms with E-state index in [1.807, 2.05) is 0 Å². The molecular weight excluding hydrogens is 524 g/mol. The van der Waals surface area contributed by atoms with Crippen LogP contribution in [0.5, 0.6) is 11.5 Å². The summed E-state index contributed by atoms with van der Waals surface area (Å²) in [7, 11) is 2.91. The van der Waals surface area contributed by atoms with Crippen molar-refractivity contribution in [3.05, 3.63) is 137 Å². The van der Waals surface area contributed by atoms with E-state index in [0.717, 1.165) is 11.1 Å². The van der Waals surface area contributed by atoms with Gasteiger partial charge in [0.15, 0.2) is 0 Å². The van der Waals surface area contributed by atoms with Crippen LogP contribution in [-0.2, 0) is 0 Å². The Balaban J connectivity index is 0.000000220. The standard InChI is InChI=1S/2C14H11NO5/c2*1-19-13-8-12(20-14(16)9-13)7-4-10-2-5-11(6-3-10)15(17)18/h2*2-9H,1H3/b2*7-4+. The molecule has 2 heterocycles. The molecule has 0 radical (unpaired) electrons. The Morgan fingerprint density at radius 2 is 0.950 bits per heavy atom. The molecule has 40 heavy (non-hydrogen) atoms. The number of benzene rings is 2. The third-order valence-electron chi connectivity index (χ3n) is 5.09. The predicted molar refractivity (Wildman–Crippen MR) is 147 cm³/mol. The van der Waals surface area contributed by atoms with Crippen LogP contribution in [0.1, 0.15) is 22.6 Å². The van der Waals surface area contributed by atoms with Crippen LogP contribution in [0.3, 0.4) is 0 Å². The van der Waals surface area contributed by atoms with Gasteiger partial charge < -0.3 is 18.3 Å². The highest BCUT2D eigenvalue weighted by atomic mass is 16.6. The van der Waals surface area contributed by atoms with Crippen molar-refractivity contribution in [1.82, 2.24) is 0 Å². The lowest BCUT2D eigenvalue weighted by Crippen LogP contribution is -1.98. The molecule has 4 aromatic rings. The topological polar surface area (TPSA) is 165 Å². The maximum atomic E-state index is 11.2. The summed E-state index contributed by atoms with van der Waals surface area (Å²) in [5, 5.41) is 21.0. The van der Waals surface area contributed by atoms with E-state index in [-0.39, 0.29) is 11.4 Å². The van der Waals surface area contributed by atoms with Crippen molar-refractivity contribution in [3.63, 3.8) is 0 Å². The molecule has 0 unspecified atom stereocenters. The summed E-state index contributed by atoms with van der Waals surface area (Å²) in [6, 6.07) is 17.7. The summed E-state index contributed by atoms with van der Waals surface area (Å²) in [5.41, 5.74) is 0.535. The molecule has 0 atom stereocenters. The minimum Gasteiger partial charge on any atom is -0.496 e. The zero-order valence-corrected chi connectivity index (χ0v) is 21.2. The number of hydrogen-bond acceptors (Lipinski definition) is 10. The molecule has 2 aromatic heterocycles. The molecule has 4 rings (SSSR count). The van der Waals surface area contributed by atoms with Crippen LogP contribution >= 0.6 is 0 Å². The third-order valence-corrected chi connectivity index (χ3v) is 5.09. The Hall–Kier alpha value is -5.78. The molecule has 0 amide bonds. The van der Waals surface area contributed by atoms with E-state index in [4.69, 9.17) is 18.3 Å². The summed E-state index contributed by atoms with van der Waals surface area (Å²) < 4.78 is 19.9. The quantitative estimate of drug-likeness (QED) is 0.205. The maximum Gasteiger partial charge on any atom is 0.339 e. The van der Waals surface area contributed by atoms with Crippen LogP contribution in [0.2, 0.25) is 0 Å². The molecule has 0 spiro atoms. The van der Waals surface area contributed by atoms with E-state index in [0.29, 0.717) is 23.0 Å². The van der Waals surface area contributed by atoms with E-state index >= 15 is 0 Å². The first-order valence-corrected chi connectivity index (χ1v) is 11.4. The number of methoxy groups -OCH3 is 2. The highest BCUT2D eigenvalue weighted by Crippen LogP contribution is 2.17. The Morgan fingerprint density at radius 3 is 1.25 bits per heavy atom. The second-order valence-corrected chi connectivity index (χ2v) is 7.80. The zero-order valence-electron chi connectivity index (χ0n) is 21.2. The molecule has 0 N–H and O–H groups in total. The molecule has 0 aliphatic carbocycles. The van der Waals surface area contributed by atoms with Gasteiger partial charge in [0, 0.05) is 36.4 Å². The van der Waals surface area contributed by atoms with Crippen LogP contribution in [0.4, 0.5) is 11.4 Å². The van der Waals surface area contributed by atoms with Crippen LogP contribution in [0, 0.1) is 20.2 Å². The van der Waals surface area contributed by atoms with Gasteiger partial charge in [-0.05, 0) is 47.5 Å². The van der Waals surface area contributed by atoms with Gasteiger partial charge in [-0.15, -0.1) is 0 Å². The molecule has 0 saturated carbocycles. The van der Waals surface area contributed by atoms with Crippen LogP contribution in [0.25, 0.3) is 24.3 Å². The molecule has 0 fully saturated rings. The highest BCUT2D eigenvalue weighted by molar-refractivity contribution is 5.69. The second-order valence-electron chi connectivity index (χ2n) is 7.80. The van der Waals surface area contributed by atoms with Crippen molar-refractivity contribution >= 4 is 35.7 Å². The molecule has 204 valence electrons. The van der Waals surface area contributed by atoms with Gasteiger partial charge in [0.2, 0.25) is 0 Å². The maximum absolute atomic E-state index is 11.2. The normalized spacial score (nSPS) is 10.7. The molecule has 2 aromatic carbocycles. The highest BCUT2D eigenvalue weighted by Gasteiger charge is 2.04. The number of ether oxygens (including phenoxy) is 2. The van der Waals surface area contributed by atoms with Gasteiger partial charge in [-0.2, -0.15) is 0 Å². The number of hydrogen-bond donors (Lipinski definition) is 0. The van der Waals surface area contributed by atoms with Crippen LogP contribution in [0.15, 0.2) is 91.2 Å². The molecule has 12 heteroatoms. The lowest BCUT2D eigenvalue weighted by atomic mass is 10.2. The fourth-order valence-corrected chi connectivity index (χ4v) is 3.12. The van der Waals surface area contributed by atoms with Gasteiger partial charge in [-0.3, -0.25) is 20.2 Å². The van der Waals surface area contributed by atoms with Crippen molar-refractivity contribution in [2.24, 2.45) is 0 Å². The second kappa shape index (κ2) is 13.7. The van der Waals surface area contributed by atoms with Gasteiger partial charge in [-0.1, -0.05) is 12.2 Å². The summed E-state index contributed by atoms with van der Waals surface area (Å²) in [4.78, 5) is 42.6. The first-order chi connectivity index (χ1) is 19.2. The molecule has 0 aliphatic rings. The van der Waals surface area contributed by atoms with Crippen molar-refractivity contribution in [2.45, 2.75) is 0 Å². The fourth-order valence-electron chi connectivity index (χ4n) is 3.12. The smallest absolute Gasteiger partial charge is 0.339 e. The lowest BCUT2D eigenvalue weighted by Gasteiger charge is -1.99. The zero-order chi connectivity index (χ0) is 29.1. The van der Waals surface area contributed by atoms with Crippen molar-refractivity contribution in [2.75, 3.05) is 14.2 Å². The molecule has 0 saturated heterocycles. The third kappa shape index (κ3) is 8.66. The number of nitro groups is 2. The number of rotatable bonds is 8. The van der Waals surface area contributed by atoms with E-state index in [1.54, 1.807) is 60.7 Å². The van der Waals surface area contributed by atoms with Gasteiger partial charge in [0.25, 0.3) is 11.4 Å². The summed E-state index contributed by atoms with van der Waals surface area (Å²) in [6.07, 6.45) is 6.54. The van der Waals surface area contributed by atoms with E-state index in [1.165, 1.54) is 50.6 Å². The van der Waals surface area contributed by atoms with Crippen LogP contribution < -0.4 is 20.7 Å². The minimum atomic E-state index is -0.507. The summed E-state index contributed by atoms with van der Waals surface area (Å²) >= 11 is 0. The molecule has 0 aliphatic heterocycles. The van der Waals surface area contributed by atoms with E-state index < -0.39 is 21.1 Å². The SMILES string of the molecule is COc1cc(/C=C/c2ccc([N+](=O)[O-])cc2)oc(=O)c1.COc1cc(/C=C/c2ccc([N+](=O)[O-])cc2)oc(=O)c1. The number of nitrogens with zero attached hydrogens (tertiary/aromatic N) is 2. The first-order valence-electron chi connectivity index (χ1n) is 11.4. The summed E-state index contributed by atoms with van der Waals surface area (Å²) in [6.45, 7) is 0. The Kier molecular flexibility index (Phi) is 9.84. The Bertz CT molecular complexity index is 1530.